The van der Waals surface area contributed by atoms with Crippen LogP contribution < -0.4 is 10.1 Å². The van der Waals surface area contributed by atoms with Gasteiger partial charge in [-0.2, -0.15) is 0 Å². The molecule has 0 amide bonds. The second-order valence-corrected chi connectivity index (χ2v) is 4.77. The van der Waals surface area contributed by atoms with Gasteiger partial charge >= 0.3 is 0 Å². The van der Waals surface area contributed by atoms with Gasteiger partial charge in [-0.25, -0.2) is 0 Å². The van der Waals surface area contributed by atoms with Crippen molar-refractivity contribution >= 4 is 5.69 Å². The van der Waals surface area contributed by atoms with Gasteiger partial charge in [-0.15, -0.1) is 0 Å². The molecule has 0 unspecified atom stereocenters. The summed E-state index contributed by atoms with van der Waals surface area (Å²) in [5.41, 5.74) is 3.64. The Morgan fingerprint density at radius 1 is 1.31 bits per heavy atom. The summed E-state index contributed by atoms with van der Waals surface area (Å²) >= 11 is 0. The van der Waals surface area contributed by atoms with E-state index in [1.54, 1.807) is 7.11 Å². The van der Waals surface area contributed by atoms with Crippen LogP contribution in [0, 0.1) is 19.8 Å². The van der Waals surface area contributed by atoms with Crippen molar-refractivity contribution < 1.29 is 4.74 Å². The van der Waals surface area contributed by atoms with Crippen molar-refractivity contribution in [2.75, 3.05) is 19.0 Å². The molecule has 0 aliphatic heterocycles. The molecule has 1 saturated carbocycles. The van der Waals surface area contributed by atoms with Crippen LogP contribution >= 0.6 is 0 Å². The van der Waals surface area contributed by atoms with Gasteiger partial charge in [-0.1, -0.05) is 12.5 Å². The first-order chi connectivity index (χ1) is 7.72. The number of hydrogen-bond donors (Lipinski definition) is 1. The summed E-state index contributed by atoms with van der Waals surface area (Å²) in [4.78, 5) is 0. The number of benzene rings is 1. The van der Waals surface area contributed by atoms with E-state index in [-0.39, 0.29) is 0 Å². The van der Waals surface area contributed by atoms with Crippen LogP contribution in [0.3, 0.4) is 0 Å². The Morgan fingerprint density at radius 2 is 2.06 bits per heavy atom. The SMILES string of the molecule is COc1c(C)ccc(NCC2CCC2)c1C. The minimum Gasteiger partial charge on any atom is -0.496 e. The van der Waals surface area contributed by atoms with Crippen LogP contribution in [0.2, 0.25) is 0 Å². The Morgan fingerprint density at radius 3 is 2.62 bits per heavy atom. The molecule has 0 saturated heterocycles. The molecule has 1 aromatic rings. The number of nitrogens with one attached hydrogen (secondary N) is 1. The number of hydrogen-bond acceptors (Lipinski definition) is 2. The molecule has 2 rings (SSSR count). The first-order valence-electron chi connectivity index (χ1n) is 6.10. The lowest BCUT2D eigenvalue weighted by Crippen LogP contribution is -2.21. The zero-order valence-corrected chi connectivity index (χ0v) is 10.5. The maximum Gasteiger partial charge on any atom is 0.126 e. The lowest BCUT2D eigenvalue weighted by molar-refractivity contribution is 0.333. The van der Waals surface area contributed by atoms with Gasteiger partial charge in [0.15, 0.2) is 0 Å². The molecule has 1 aliphatic rings. The van der Waals surface area contributed by atoms with Crippen molar-refractivity contribution in [1.29, 1.82) is 0 Å². The summed E-state index contributed by atoms with van der Waals surface area (Å²) in [6.07, 6.45) is 4.17. The summed E-state index contributed by atoms with van der Waals surface area (Å²) in [6.45, 7) is 5.31. The predicted octanol–water partition coefficient (Wildman–Crippen LogP) is 3.52. The van der Waals surface area contributed by atoms with Crippen LogP contribution in [-0.4, -0.2) is 13.7 Å². The third-order valence-electron chi connectivity index (χ3n) is 3.61. The first-order valence-corrected chi connectivity index (χ1v) is 6.10. The van der Waals surface area contributed by atoms with Crippen molar-refractivity contribution in [3.63, 3.8) is 0 Å². The molecule has 1 aromatic carbocycles. The third-order valence-corrected chi connectivity index (χ3v) is 3.61. The highest BCUT2D eigenvalue weighted by Crippen LogP contribution is 2.31. The van der Waals surface area contributed by atoms with Crippen molar-refractivity contribution in [1.82, 2.24) is 0 Å². The number of rotatable bonds is 4. The molecular formula is C14H21NO. The van der Waals surface area contributed by atoms with Gasteiger partial charge in [0.25, 0.3) is 0 Å². The molecule has 0 aromatic heterocycles. The third kappa shape index (κ3) is 2.16. The van der Waals surface area contributed by atoms with Crippen LogP contribution in [0.5, 0.6) is 5.75 Å². The highest BCUT2D eigenvalue weighted by atomic mass is 16.5. The second kappa shape index (κ2) is 4.77. The molecule has 16 heavy (non-hydrogen) atoms. The van der Waals surface area contributed by atoms with Crippen molar-refractivity contribution in [3.8, 4) is 5.75 Å². The van der Waals surface area contributed by atoms with E-state index in [0.717, 1.165) is 18.2 Å². The summed E-state index contributed by atoms with van der Waals surface area (Å²) in [5.74, 6) is 1.89. The van der Waals surface area contributed by atoms with E-state index in [9.17, 15) is 0 Å². The average Bonchev–Trinajstić information content (AvgIpc) is 2.20. The molecule has 0 heterocycles. The van der Waals surface area contributed by atoms with Gasteiger partial charge in [0.05, 0.1) is 7.11 Å². The Hall–Kier alpha value is -1.18. The van der Waals surface area contributed by atoms with Crippen molar-refractivity contribution in [3.05, 3.63) is 23.3 Å². The maximum absolute atomic E-state index is 5.42. The topological polar surface area (TPSA) is 21.3 Å². The van der Waals surface area contributed by atoms with Gasteiger partial charge in [0.1, 0.15) is 5.75 Å². The Labute approximate surface area is 98.0 Å². The van der Waals surface area contributed by atoms with Crippen molar-refractivity contribution in [2.45, 2.75) is 33.1 Å². The van der Waals surface area contributed by atoms with E-state index < -0.39 is 0 Å². The summed E-state index contributed by atoms with van der Waals surface area (Å²) in [6, 6.07) is 4.28. The van der Waals surface area contributed by atoms with Crippen LogP contribution in [0.1, 0.15) is 30.4 Å². The van der Waals surface area contributed by atoms with Gasteiger partial charge in [0.2, 0.25) is 0 Å². The Bertz CT molecular complexity index is 369. The van der Waals surface area contributed by atoms with Crippen LogP contribution in [-0.2, 0) is 0 Å². The zero-order valence-electron chi connectivity index (χ0n) is 10.5. The van der Waals surface area contributed by atoms with E-state index in [1.165, 1.54) is 36.1 Å². The normalized spacial score (nSPS) is 15.7. The molecular weight excluding hydrogens is 198 g/mol. The fourth-order valence-electron chi connectivity index (χ4n) is 2.28. The molecule has 0 atom stereocenters. The highest BCUT2D eigenvalue weighted by molar-refractivity contribution is 5.59. The fraction of sp³-hybridized carbons (Fsp3) is 0.571. The lowest BCUT2D eigenvalue weighted by atomic mass is 9.85. The van der Waals surface area contributed by atoms with E-state index in [0.29, 0.717) is 0 Å². The van der Waals surface area contributed by atoms with Gasteiger partial charge in [-0.3, -0.25) is 0 Å². The predicted molar refractivity (Wildman–Crippen MR) is 68.3 cm³/mol. The standard InChI is InChI=1S/C14H21NO/c1-10-7-8-13(11(2)14(10)16-3)15-9-12-5-4-6-12/h7-8,12,15H,4-6,9H2,1-3H3. The average molecular weight is 219 g/mol. The molecule has 0 spiro atoms. The Balaban J connectivity index is 2.07. The first kappa shape index (κ1) is 11.3. The van der Waals surface area contributed by atoms with Crippen molar-refractivity contribution in [2.24, 2.45) is 5.92 Å². The summed E-state index contributed by atoms with van der Waals surface area (Å²) < 4.78 is 5.42. The Kier molecular flexibility index (Phi) is 3.37. The van der Waals surface area contributed by atoms with Gasteiger partial charge in [0, 0.05) is 17.8 Å². The summed E-state index contributed by atoms with van der Waals surface area (Å²) in [5, 5.41) is 3.54. The molecule has 1 aliphatic carbocycles. The monoisotopic (exact) mass is 219 g/mol. The van der Waals surface area contributed by atoms with E-state index in [4.69, 9.17) is 4.74 Å². The highest BCUT2D eigenvalue weighted by Gasteiger charge is 2.17. The molecule has 2 nitrogen and oxygen atoms in total. The zero-order chi connectivity index (χ0) is 11.5. The van der Waals surface area contributed by atoms with E-state index in [2.05, 4.69) is 31.3 Å². The minimum atomic E-state index is 0.881. The van der Waals surface area contributed by atoms with Gasteiger partial charge < -0.3 is 10.1 Å². The molecule has 1 fully saturated rings. The quantitative estimate of drug-likeness (QED) is 0.836. The minimum absolute atomic E-state index is 0.881. The van der Waals surface area contributed by atoms with Crippen LogP contribution in [0.4, 0.5) is 5.69 Å². The molecule has 88 valence electrons. The molecule has 0 bridgehead atoms. The number of aryl methyl sites for hydroxylation is 1. The lowest BCUT2D eigenvalue weighted by Gasteiger charge is -2.26. The van der Waals surface area contributed by atoms with E-state index in [1.807, 2.05) is 0 Å². The number of anilines is 1. The largest absolute Gasteiger partial charge is 0.496 e. The molecule has 1 N–H and O–H groups in total. The molecule has 2 heteroatoms. The smallest absolute Gasteiger partial charge is 0.126 e. The number of methoxy groups -OCH3 is 1. The summed E-state index contributed by atoms with van der Waals surface area (Å²) in [7, 11) is 1.74. The second-order valence-electron chi connectivity index (χ2n) is 4.77. The van der Waals surface area contributed by atoms with Crippen LogP contribution in [0.25, 0.3) is 0 Å². The number of ether oxygens (including phenoxy) is 1. The van der Waals surface area contributed by atoms with E-state index >= 15 is 0 Å². The fourth-order valence-corrected chi connectivity index (χ4v) is 2.28. The van der Waals surface area contributed by atoms with Crippen LogP contribution in [0.15, 0.2) is 12.1 Å². The maximum atomic E-state index is 5.42. The molecule has 0 radical (unpaired) electrons. The van der Waals surface area contributed by atoms with Gasteiger partial charge in [-0.05, 0) is 44.2 Å².